The lowest BCUT2D eigenvalue weighted by molar-refractivity contribution is -0.136. The molecule has 0 aliphatic carbocycles. The first-order valence-electron chi connectivity index (χ1n) is 8.93. The summed E-state index contributed by atoms with van der Waals surface area (Å²) in [5.74, 6) is 0.149. The van der Waals surface area contributed by atoms with E-state index < -0.39 is 18.2 Å². The Morgan fingerprint density at radius 2 is 1.91 bits per heavy atom. The van der Waals surface area contributed by atoms with Crippen LogP contribution in [-0.2, 0) is 4.79 Å². The van der Waals surface area contributed by atoms with Crippen LogP contribution in [0.1, 0.15) is 59.8 Å². The number of carbonyl (C=O) groups excluding carboxylic acids is 2. The van der Waals surface area contributed by atoms with Crippen LogP contribution in [0.2, 0.25) is 0 Å². The molecule has 0 aromatic rings. The van der Waals surface area contributed by atoms with Gasteiger partial charge in [-0.15, -0.1) is 0 Å². The first-order valence-corrected chi connectivity index (χ1v) is 8.93. The first-order chi connectivity index (χ1) is 10.9. The van der Waals surface area contributed by atoms with E-state index >= 15 is 0 Å². The van der Waals surface area contributed by atoms with Crippen molar-refractivity contribution in [1.29, 1.82) is 0 Å². The number of carbonyl (C=O) groups is 2. The van der Waals surface area contributed by atoms with Gasteiger partial charge in [0.15, 0.2) is 0 Å². The van der Waals surface area contributed by atoms with Crippen LogP contribution in [0, 0.1) is 5.92 Å². The first kappa shape index (κ1) is 19.7. The Morgan fingerprint density at radius 3 is 2.48 bits per heavy atom. The molecule has 3 amide bonds. The molecule has 1 aliphatic heterocycles. The van der Waals surface area contributed by atoms with Gasteiger partial charge in [-0.2, -0.15) is 0 Å². The van der Waals surface area contributed by atoms with Gasteiger partial charge in [0.05, 0.1) is 6.10 Å². The molecule has 0 saturated carbocycles. The van der Waals surface area contributed by atoms with Crippen LogP contribution in [0.25, 0.3) is 0 Å². The summed E-state index contributed by atoms with van der Waals surface area (Å²) in [5.41, 5.74) is 0. The molecule has 6 nitrogen and oxygen atoms in total. The molecule has 1 saturated heterocycles. The lowest BCUT2D eigenvalue weighted by atomic mass is 9.97. The van der Waals surface area contributed by atoms with Crippen molar-refractivity contribution >= 4 is 11.9 Å². The summed E-state index contributed by atoms with van der Waals surface area (Å²) in [5, 5.41) is 15.4. The van der Waals surface area contributed by atoms with Crippen molar-refractivity contribution in [2.45, 2.75) is 78.0 Å². The van der Waals surface area contributed by atoms with Crippen LogP contribution >= 0.6 is 0 Å². The molecule has 3 unspecified atom stereocenters. The Labute approximate surface area is 140 Å². The van der Waals surface area contributed by atoms with Gasteiger partial charge >= 0.3 is 6.03 Å². The number of piperidine rings is 1. The Kier molecular flexibility index (Phi) is 8.37. The van der Waals surface area contributed by atoms with Gasteiger partial charge in [0.2, 0.25) is 5.91 Å². The molecular weight excluding hydrogens is 294 g/mol. The van der Waals surface area contributed by atoms with Crippen LogP contribution in [0.4, 0.5) is 4.79 Å². The zero-order valence-electron chi connectivity index (χ0n) is 15.0. The summed E-state index contributed by atoms with van der Waals surface area (Å²) >= 11 is 0. The van der Waals surface area contributed by atoms with Crippen LogP contribution < -0.4 is 10.6 Å². The maximum Gasteiger partial charge on any atom is 0.315 e. The van der Waals surface area contributed by atoms with E-state index in [-0.39, 0.29) is 24.4 Å². The van der Waals surface area contributed by atoms with E-state index in [1.807, 2.05) is 18.7 Å². The fourth-order valence-corrected chi connectivity index (χ4v) is 3.18. The molecule has 134 valence electrons. The molecular formula is C17H33N3O3. The van der Waals surface area contributed by atoms with Gasteiger partial charge in [-0.3, -0.25) is 4.79 Å². The molecule has 1 rings (SSSR count). The minimum Gasteiger partial charge on any atom is -0.391 e. The third-order valence-electron chi connectivity index (χ3n) is 4.87. The van der Waals surface area contributed by atoms with E-state index in [1.54, 1.807) is 6.92 Å². The summed E-state index contributed by atoms with van der Waals surface area (Å²) in [6.07, 6.45) is 4.40. The van der Waals surface area contributed by atoms with Crippen molar-refractivity contribution < 1.29 is 14.7 Å². The number of rotatable bonds is 7. The third-order valence-corrected chi connectivity index (χ3v) is 4.87. The van der Waals surface area contributed by atoms with Gasteiger partial charge in [0.1, 0.15) is 6.04 Å². The zero-order valence-corrected chi connectivity index (χ0v) is 15.0. The maximum atomic E-state index is 12.4. The predicted molar refractivity (Wildman–Crippen MR) is 91.1 cm³/mol. The molecule has 0 aromatic heterocycles. The minimum atomic E-state index is -0.555. The average Bonchev–Trinajstić information content (AvgIpc) is 2.53. The van der Waals surface area contributed by atoms with E-state index in [1.165, 1.54) is 0 Å². The second-order valence-electron chi connectivity index (χ2n) is 6.60. The summed E-state index contributed by atoms with van der Waals surface area (Å²) in [6.45, 7) is 8.78. The minimum absolute atomic E-state index is 0.0344. The predicted octanol–water partition coefficient (Wildman–Crippen LogP) is 1.87. The topological polar surface area (TPSA) is 81.7 Å². The molecule has 3 atom stereocenters. The number of hydrogen-bond acceptors (Lipinski definition) is 3. The highest BCUT2D eigenvalue weighted by molar-refractivity contribution is 5.87. The van der Waals surface area contributed by atoms with Crippen molar-refractivity contribution in [3.8, 4) is 0 Å². The van der Waals surface area contributed by atoms with Crippen molar-refractivity contribution in [3.63, 3.8) is 0 Å². The molecule has 23 heavy (non-hydrogen) atoms. The Hall–Kier alpha value is -1.30. The van der Waals surface area contributed by atoms with Crippen LogP contribution in [0.3, 0.4) is 0 Å². The number of aliphatic hydroxyl groups is 1. The number of aliphatic hydroxyl groups excluding tert-OH is 1. The van der Waals surface area contributed by atoms with Crippen LogP contribution in [-0.4, -0.2) is 53.2 Å². The molecule has 0 bridgehead atoms. The lowest BCUT2D eigenvalue weighted by Crippen LogP contribution is -2.53. The molecule has 1 heterocycles. The monoisotopic (exact) mass is 327 g/mol. The van der Waals surface area contributed by atoms with Crippen LogP contribution in [0.5, 0.6) is 0 Å². The maximum absolute atomic E-state index is 12.4. The van der Waals surface area contributed by atoms with Crippen molar-refractivity contribution in [2.24, 2.45) is 5.92 Å². The molecule has 0 radical (unpaired) electrons. The molecule has 6 heteroatoms. The van der Waals surface area contributed by atoms with E-state index in [2.05, 4.69) is 17.6 Å². The number of urea groups is 1. The number of amides is 3. The van der Waals surface area contributed by atoms with Crippen LogP contribution in [0.15, 0.2) is 0 Å². The summed E-state index contributed by atoms with van der Waals surface area (Å²) in [4.78, 5) is 26.2. The van der Waals surface area contributed by atoms with Gasteiger partial charge in [0.25, 0.3) is 0 Å². The molecule has 3 N–H and O–H groups in total. The highest BCUT2D eigenvalue weighted by atomic mass is 16.3. The van der Waals surface area contributed by atoms with E-state index in [0.29, 0.717) is 0 Å². The SMILES string of the molecule is CCC(CC)C(O)CNC(=O)NC(C)C(=O)N1CCCCC1C. The Bertz CT molecular complexity index is 385. The third kappa shape index (κ3) is 6.01. The number of hydrogen-bond donors (Lipinski definition) is 3. The van der Waals surface area contributed by atoms with E-state index in [9.17, 15) is 14.7 Å². The van der Waals surface area contributed by atoms with Crippen molar-refractivity contribution in [1.82, 2.24) is 15.5 Å². The van der Waals surface area contributed by atoms with Gasteiger partial charge in [-0.25, -0.2) is 4.79 Å². The van der Waals surface area contributed by atoms with Gasteiger partial charge < -0.3 is 20.6 Å². The Morgan fingerprint density at radius 1 is 1.26 bits per heavy atom. The molecule has 0 spiro atoms. The largest absolute Gasteiger partial charge is 0.391 e. The zero-order chi connectivity index (χ0) is 17.4. The number of nitrogens with one attached hydrogen (secondary N) is 2. The standard InChI is InChI=1S/C17H33N3O3/c1-5-14(6-2)15(21)11-18-17(23)19-13(4)16(22)20-10-8-7-9-12(20)3/h12-15,21H,5-11H2,1-4H3,(H2,18,19,23). The fraction of sp³-hybridized carbons (Fsp3) is 0.882. The van der Waals surface area contributed by atoms with Crippen molar-refractivity contribution in [2.75, 3.05) is 13.1 Å². The van der Waals surface area contributed by atoms with E-state index in [4.69, 9.17) is 0 Å². The molecule has 1 aliphatic rings. The molecule has 1 fully saturated rings. The highest BCUT2D eigenvalue weighted by Crippen LogP contribution is 2.17. The molecule has 0 aromatic carbocycles. The number of nitrogens with zero attached hydrogens (tertiary/aromatic N) is 1. The van der Waals surface area contributed by atoms with Gasteiger partial charge in [-0.1, -0.05) is 26.7 Å². The smallest absolute Gasteiger partial charge is 0.315 e. The van der Waals surface area contributed by atoms with Gasteiger partial charge in [-0.05, 0) is 39.0 Å². The average molecular weight is 327 g/mol. The van der Waals surface area contributed by atoms with Crippen molar-refractivity contribution in [3.05, 3.63) is 0 Å². The summed E-state index contributed by atoms with van der Waals surface area (Å²) in [6, 6.07) is -0.721. The fourth-order valence-electron chi connectivity index (χ4n) is 3.18. The Balaban J connectivity index is 2.39. The second kappa shape index (κ2) is 9.75. The summed E-state index contributed by atoms with van der Waals surface area (Å²) < 4.78 is 0. The lowest BCUT2D eigenvalue weighted by Gasteiger charge is -2.35. The second-order valence-corrected chi connectivity index (χ2v) is 6.60. The highest BCUT2D eigenvalue weighted by Gasteiger charge is 2.27. The van der Waals surface area contributed by atoms with Gasteiger partial charge in [0, 0.05) is 19.1 Å². The normalized spacial score (nSPS) is 21.0. The number of likely N-dealkylation sites (tertiary alicyclic amines) is 1. The summed E-state index contributed by atoms with van der Waals surface area (Å²) in [7, 11) is 0. The van der Waals surface area contributed by atoms with E-state index in [0.717, 1.165) is 38.6 Å². The quantitative estimate of drug-likeness (QED) is 0.668.